The number of carboxylic acids is 2. The van der Waals surface area contributed by atoms with E-state index in [1.165, 1.54) is 16.7 Å². The van der Waals surface area contributed by atoms with Crippen LogP contribution >= 0.6 is 0 Å². The van der Waals surface area contributed by atoms with Gasteiger partial charge in [0, 0.05) is 17.8 Å². The van der Waals surface area contributed by atoms with Crippen LogP contribution in [0.15, 0.2) is 40.8 Å². The van der Waals surface area contributed by atoms with Crippen molar-refractivity contribution < 1.29 is 33.3 Å². The summed E-state index contributed by atoms with van der Waals surface area (Å²) in [6.07, 6.45) is 1.53. The summed E-state index contributed by atoms with van der Waals surface area (Å²) < 4.78 is 35.1. The molecule has 7 nitrogen and oxygen atoms in total. The number of hydrogen-bond donors (Lipinski definition) is 2. The van der Waals surface area contributed by atoms with E-state index in [0.717, 1.165) is 18.3 Å². The van der Waals surface area contributed by atoms with Crippen molar-refractivity contribution in [2.75, 3.05) is 0 Å². The summed E-state index contributed by atoms with van der Waals surface area (Å²) in [6, 6.07) is 3.67. The van der Waals surface area contributed by atoms with Gasteiger partial charge in [-0.3, -0.25) is 4.79 Å². The topological polar surface area (TPSA) is 106 Å². The molecule has 0 saturated heterocycles. The Morgan fingerprint density at radius 1 is 1.15 bits per heavy atom. The summed E-state index contributed by atoms with van der Waals surface area (Å²) in [7, 11) is 0. The molecular weight excluding hydrogens is 364 g/mol. The lowest BCUT2D eigenvalue weighted by atomic mass is 10.1. The third-order valence-corrected chi connectivity index (χ3v) is 4.29. The van der Waals surface area contributed by atoms with Crippen molar-refractivity contribution in [2.24, 2.45) is 0 Å². The smallest absolute Gasteiger partial charge is 0.341 e. The molecule has 27 heavy (non-hydrogen) atoms. The minimum Gasteiger partial charge on any atom is -0.478 e. The number of carbonyl (C=O) groups is 2. The molecule has 2 aliphatic rings. The molecule has 0 saturated carbocycles. The van der Waals surface area contributed by atoms with Gasteiger partial charge in [0.15, 0.2) is 17.3 Å². The zero-order chi connectivity index (χ0) is 19.5. The third-order valence-electron chi connectivity index (χ3n) is 4.29. The van der Waals surface area contributed by atoms with E-state index in [9.17, 15) is 28.3 Å². The van der Waals surface area contributed by atoms with Crippen LogP contribution in [0.3, 0.4) is 0 Å². The Bertz CT molecular complexity index is 1270. The van der Waals surface area contributed by atoms with E-state index in [2.05, 4.69) is 0 Å². The molecule has 2 N–H and O–H groups in total. The van der Waals surface area contributed by atoms with E-state index in [0.29, 0.717) is 0 Å². The maximum Gasteiger partial charge on any atom is 0.341 e. The van der Waals surface area contributed by atoms with Gasteiger partial charge in [-0.05, 0) is 18.2 Å². The number of fused-ring (bicyclic) bond motifs is 2. The minimum atomic E-state index is -1.50. The molecule has 0 fully saturated rings. The van der Waals surface area contributed by atoms with Crippen molar-refractivity contribution in [3.63, 3.8) is 0 Å². The average molecular weight is 373 g/mol. The van der Waals surface area contributed by atoms with E-state index in [1.54, 1.807) is 0 Å². The standard InChI is InChI=1S/C18H9F2NO6/c19-10-3-2-8-14-16(13(10)20)27-12-5-7(17(23)24)1-4-11(12)21(14)6-9(15(8)22)18(25)26/h1-2,4-6H,3H2,(H,23,24)(H,25,26). The van der Waals surface area contributed by atoms with Crippen molar-refractivity contribution in [2.45, 2.75) is 6.42 Å². The van der Waals surface area contributed by atoms with E-state index in [4.69, 9.17) is 9.84 Å². The summed E-state index contributed by atoms with van der Waals surface area (Å²) in [6.45, 7) is 0. The summed E-state index contributed by atoms with van der Waals surface area (Å²) in [4.78, 5) is 35.1. The van der Waals surface area contributed by atoms with Crippen LogP contribution in [-0.4, -0.2) is 26.7 Å². The van der Waals surface area contributed by atoms with Crippen LogP contribution in [0.1, 0.15) is 27.1 Å². The molecule has 2 aromatic rings. The fourth-order valence-corrected chi connectivity index (χ4v) is 3.04. The average Bonchev–Trinajstić information content (AvgIpc) is 2.75. The zero-order valence-corrected chi connectivity index (χ0v) is 13.3. The van der Waals surface area contributed by atoms with Crippen molar-refractivity contribution in [1.82, 2.24) is 4.57 Å². The number of hydrogen-bond acceptors (Lipinski definition) is 4. The molecule has 0 unspecified atom stereocenters. The monoisotopic (exact) mass is 373 g/mol. The Labute approximate surface area is 148 Å². The third kappa shape index (κ3) is 2.35. The van der Waals surface area contributed by atoms with Gasteiger partial charge in [-0.15, -0.1) is 0 Å². The second kappa shape index (κ2) is 5.63. The molecular formula is C18H9F2NO6. The van der Waals surface area contributed by atoms with Crippen LogP contribution in [0.2, 0.25) is 0 Å². The number of ether oxygens (including phenoxy) is 1. The molecule has 1 aromatic heterocycles. The Balaban J connectivity index is 2.20. The lowest BCUT2D eigenvalue weighted by Crippen LogP contribution is -2.49. The Hall–Kier alpha value is -3.75. The first-order valence-electron chi connectivity index (χ1n) is 7.63. The number of aromatic carboxylic acids is 2. The van der Waals surface area contributed by atoms with Crippen LogP contribution in [0.4, 0.5) is 8.78 Å². The van der Waals surface area contributed by atoms with Crippen molar-refractivity contribution >= 4 is 23.8 Å². The lowest BCUT2D eigenvalue weighted by Gasteiger charge is -2.22. The largest absolute Gasteiger partial charge is 0.478 e. The molecule has 1 aliphatic heterocycles. The molecule has 0 bridgehead atoms. The number of aromatic nitrogens is 1. The maximum atomic E-state index is 14.5. The van der Waals surface area contributed by atoms with Crippen LogP contribution < -0.4 is 20.7 Å². The second-order valence-corrected chi connectivity index (χ2v) is 5.86. The Morgan fingerprint density at radius 3 is 2.56 bits per heavy atom. The number of nitrogens with zero attached hydrogens (tertiary/aromatic N) is 1. The molecule has 2 heterocycles. The van der Waals surface area contributed by atoms with Crippen molar-refractivity contribution in [1.29, 1.82) is 0 Å². The summed E-state index contributed by atoms with van der Waals surface area (Å²) >= 11 is 0. The molecule has 0 amide bonds. The number of pyridine rings is 1. The van der Waals surface area contributed by atoms with Gasteiger partial charge in [0.25, 0.3) is 0 Å². The van der Waals surface area contributed by atoms with Crippen molar-refractivity contribution in [3.8, 4) is 11.4 Å². The second-order valence-electron chi connectivity index (χ2n) is 5.86. The first-order chi connectivity index (χ1) is 12.8. The first kappa shape index (κ1) is 16.7. The fraction of sp³-hybridized carbons (Fsp3) is 0.0556. The van der Waals surface area contributed by atoms with Crippen LogP contribution in [0, 0.1) is 0 Å². The van der Waals surface area contributed by atoms with Gasteiger partial charge in [0.2, 0.25) is 5.43 Å². The van der Waals surface area contributed by atoms with E-state index in [1.807, 2.05) is 0 Å². The van der Waals surface area contributed by atoms with Gasteiger partial charge in [-0.25, -0.2) is 14.0 Å². The normalized spacial score (nSPS) is 14.5. The quantitative estimate of drug-likeness (QED) is 0.816. The van der Waals surface area contributed by atoms with Crippen molar-refractivity contribution in [3.05, 3.63) is 68.0 Å². The highest BCUT2D eigenvalue weighted by molar-refractivity contribution is 5.89. The van der Waals surface area contributed by atoms with E-state index < -0.39 is 46.8 Å². The SMILES string of the molecule is O=C(O)c1ccc2c(c1)OC1=c3c(c(=O)c(C(=O)O)cn3-2)=CCC(F)=C1F. The predicted molar refractivity (Wildman–Crippen MR) is 87.6 cm³/mol. The number of allylic oxidation sites excluding steroid dienone is 1. The van der Waals surface area contributed by atoms with Gasteiger partial charge in [0.05, 0.1) is 11.3 Å². The molecule has 1 aliphatic carbocycles. The maximum absolute atomic E-state index is 14.5. The van der Waals surface area contributed by atoms with E-state index in [-0.39, 0.29) is 27.6 Å². The molecule has 4 rings (SSSR count). The summed E-state index contributed by atoms with van der Waals surface area (Å²) in [5.74, 6) is -6.03. The zero-order valence-electron chi connectivity index (χ0n) is 13.3. The lowest BCUT2D eigenvalue weighted by molar-refractivity contribution is 0.0685. The predicted octanol–water partition coefficient (Wildman–Crippen LogP) is 1.07. The number of benzene rings is 1. The molecule has 0 atom stereocenters. The summed E-state index contributed by atoms with van der Waals surface area (Å²) in [5, 5.41) is 18.1. The highest BCUT2D eigenvalue weighted by atomic mass is 19.2. The molecule has 0 radical (unpaired) electrons. The fourth-order valence-electron chi connectivity index (χ4n) is 3.04. The van der Waals surface area contributed by atoms with Crippen LogP contribution in [0.5, 0.6) is 5.75 Å². The first-order valence-corrected chi connectivity index (χ1v) is 7.63. The van der Waals surface area contributed by atoms with Crippen LogP contribution in [-0.2, 0) is 0 Å². The van der Waals surface area contributed by atoms with Gasteiger partial charge in [-0.1, -0.05) is 6.08 Å². The van der Waals surface area contributed by atoms with Gasteiger partial charge in [-0.2, -0.15) is 4.39 Å². The number of carboxylic acid groups (broad SMARTS) is 2. The van der Waals surface area contributed by atoms with Gasteiger partial charge >= 0.3 is 11.9 Å². The van der Waals surface area contributed by atoms with Gasteiger partial charge < -0.3 is 19.5 Å². The van der Waals surface area contributed by atoms with E-state index >= 15 is 0 Å². The number of rotatable bonds is 2. The Morgan fingerprint density at radius 2 is 1.89 bits per heavy atom. The van der Waals surface area contributed by atoms with Crippen LogP contribution in [0.25, 0.3) is 17.5 Å². The van der Waals surface area contributed by atoms with Gasteiger partial charge in [0.1, 0.15) is 16.7 Å². The molecule has 136 valence electrons. The molecule has 0 spiro atoms. The Kier molecular flexibility index (Phi) is 3.48. The highest BCUT2D eigenvalue weighted by Gasteiger charge is 2.28. The minimum absolute atomic E-state index is 0.117. The molecule has 1 aromatic carbocycles. The number of halogens is 2. The summed E-state index contributed by atoms with van der Waals surface area (Å²) in [5.41, 5.74) is -1.47. The molecule has 9 heteroatoms. The highest BCUT2D eigenvalue weighted by Crippen LogP contribution is 2.32.